The van der Waals surface area contributed by atoms with Crippen LogP contribution in [0.5, 0.6) is 5.75 Å². The number of aromatic nitrogens is 1. The summed E-state index contributed by atoms with van der Waals surface area (Å²) in [5.41, 5.74) is 0.631. The van der Waals surface area contributed by atoms with Gasteiger partial charge in [0.2, 0.25) is 11.2 Å². The second-order valence-electron chi connectivity index (χ2n) is 8.94. The minimum absolute atomic E-state index is 0.408. The zero-order valence-corrected chi connectivity index (χ0v) is 21.0. The topological polar surface area (TPSA) is 71.8 Å². The Morgan fingerprint density at radius 3 is 2.55 bits per heavy atom. The number of thioether (sulfide) groups is 1. The summed E-state index contributed by atoms with van der Waals surface area (Å²) >= 11 is 1.45. The van der Waals surface area contributed by atoms with E-state index in [9.17, 15) is 31.9 Å². The molecule has 0 spiro atoms. The van der Waals surface area contributed by atoms with Crippen molar-refractivity contribution in [3.63, 3.8) is 0 Å². The van der Waals surface area contributed by atoms with Crippen LogP contribution in [0.2, 0.25) is 0 Å². The summed E-state index contributed by atoms with van der Waals surface area (Å²) in [4.78, 5) is 39.4. The van der Waals surface area contributed by atoms with Crippen LogP contribution in [0.25, 0.3) is 0 Å². The standard InChI is InChI=1S/C26H21F4N3O4S/c1-14(26(28,29)30)31-13-33(32-10-9-20(35)24(37-15(2)34)23(32)25(31)36)22-18-8-7-17(27)11-16(18)12-38-21-6-4-3-5-19(21)22/h3-11,14,22H,12-13H2,1-2H3/t14-,22?/m0/s1. The zero-order chi connectivity index (χ0) is 27.4. The molecule has 1 aromatic heterocycles. The molecule has 38 heavy (non-hydrogen) atoms. The molecule has 1 unspecified atom stereocenters. The quantitative estimate of drug-likeness (QED) is 0.353. The predicted octanol–water partition coefficient (Wildman–Crippen LogP) is 4.61. The monoisotopic (exact) mass is 547 g/mol. The molecule has 0 fully saturated rings. The first-order valence-electron chi connectivity index (χ1n) is 11.6. The molecule has 3 heterocycles. The van der Waals surface area contributed by atoms with E-state index in [0.29, 0.717) is 21.8 Å². The summed E-state index contributed by atoms with van der Waals surface area (Å²) in [6.07, 6.45) is -3.51. The van der Waals surface area contributed by atoms with Crippen LogP contribution in [0.3, 0.4) is 0 Å². The van der Waals surface area contributed by atoms with Crippen LogP contribution in [-0.4, -0.2) is 40.3 Å². The lowest BCUT2D eigenvalue weighted by atomic mass is 9.94. The normalized spacial score (nSPS) is 17.7. The summed E-state index contributed by atoms with van der Waals surface area (Å²) < 4.78 is 62.3. The van der Waals surface area contributed by atoms with E-state index in [1.165, 1.54) is 39.8 Å². The lowest BCUT2D eigenvalue weighted by molar-refractivity contribution is -0.173. The number of alkyl halides is 3. The highest BCUT2D eigenvalue weighted by Gasteiger charge is 2.48. The molecule has 12 heteroatoms. The van der Waals surface area contributed by atoms with Crippen molar-refractivity contribution in [1.82, 2.24) is 9.58 Å². The Morgan fingerprint density at radius 1 is 1.11 bits per heavy atom. The van der Waals surface area contributed by atoms with Gasteiger partial charge in [0.05, 0.1) is 6.04 Å². The highest BCUT2D eigenvalue weighted by molar-refractivity contribution is 7.98. The first-order chi connectivity index (χ1) is 18.0. The highest BCUT2D eigenvalue weighted by atomic mass is 32.2. The van der Waals surface area contributed by atoms with Crippen LogP contribution >= 0.6 is 11.8 Å². The summed E-state index contributed by atoms with van der Waals surface area (Å²) in [5, 5.41) is 1.49. The number of hydrogen-bond donors (Lipinski definition) is 0. The largest absolute Gasteiger partial charge is 0.420 e. The Morgan fingerprint density at radius 2 is 1.84 bits per heavy atom. The number of esters is 1. The van der Waals surface area contributed by atoms with Crippen LogP contribution < -0.4 is 15.2 Å². The molecule has 0 N–H and O–H groups in total. The molecule has 0 saturated carbocycles. The minimum atomic E-state index is -4.78. The average Bonchev–Trinajstić information content (AvgIpc) is 3.01. The van der Waals surface area contributed by atoms with Crippen LogP contribution in [0.4, 0.5) is 17.6 Å². The minimum Gasteiger partial charge on any atom is -0.420 e. The van der Waals surface area contributed by atoms with Crippen LogP contribution in [-0.2, 0) is 10.5 Å². The third-order valence-corrected chi connectivity index (χ3v) is 7.69. The number of fused-ring (bicyclic) bond motifs is 3. The van der Waals surface area contributed by atoms with Gasteiger partial charge in [-0.2, -0.15) is 13.2 Å². The van der Waals surface area contributed by atoms with E-state index >= 15 is 0 Å². The number of hydrogen-bond acceptors (Lipinski definition) is 6. The fourth-order valence-electron chi connectivity index (χ4n) is 4.71. The van der Waals surface area contributed by atoms with Crippen molar-refractivity contribution in [2.24, 2.45) is 0 Å². The van der Waals surface area contributed by atoms with Gasteiger partial charge in [-0.15, -0.1) is 11.8 Å². The number of pyridine rings is 1. The Balaban J connectivity index is 1.80. The maximum absolute atomic E-state index is 14.2. The van der Waals surface area contributed by atoms with E-state index in [1.54, 1.807) is 12.1 Å². The number of nitrogens with zero attached hydrogens (tertiary/aromatic N) is 3. The lowest BCUT2D eigenvalue weighted by Gasteiger charge is -2.46. The molecular formula is C26H21F4N3O4S. The predicted molar refractivity (Wildman–Crippen MR) is 131 cm³/mol. The number of carbonyl (C=O) groups excluding carboxylic acids is 2. The summed E-state index contributed by atoms with van der Waals surface area (Å²) in [6, 6.07) is 9.56. The second kappa shape index (κ2) is 9.50. The highest BCUT2D eigenvalue weighted by Crippen LogP contribution is 2.43. The molecule has 2 aromatic carbocycles. The van der Waals surface area contributed by atoms with E-state index in [0.717, 1.165) is 30.4 Å². The van der Waals surface area contributed by atoms with Gasteiger partial charge in [-0.3, -0.25) is 24.1 Å². The van der Waals surface area contributed by atoms with E-state index in [2.05, 4.69) is 0 Å². The fourth-order valence-corrected chi connectivity index (χ4v) is 5.80. The molecule has 0 bridgehead atoms. The summed E-state index contributed by atoms with van der Waals surface area (Å²) in [6.45, 7) is 1.35. The van der Waals surface area contributed by atoms with Gasteiger partial charge in [-0.25, -0.2) is 4.39 Å². The van der Waals surface area contributed by atoms with Crippen molar-refractivity contribution >= 4 is 23.6 Å². The maximum Gasteiger partial charge on any atom is 0.408 e. The molecule has 2 aliphatic heterocycles. The Kier molecular flexibility index (Phi) is 6.46. The van der Waals surface area contributed by atoms with Crippen molar-refractivity contribution < 1.29 is 31.9 Å². The van der Waals surface area contributed by atoms with Crippen molar-refractivity contribution in [3.8, 4) is 5.75 Å². The molecule has 0 aliphatic carbocycles. The maximum atomic E-state index is 14.2. The number of amides is 1. The van der Waals surface area contributed by atoms with E-state index in [1.807, 2.05) is 18.2 Å². The number of halogens is 4. The van der Waals surface area contributed by atoms with Gasteiger partial charge in [0.1, 0.15) is 18.5 Å². The van der Waals surface area contributed by atoms with Gasteiger partial charge in [0.15, 0.2) is 5.69 Å². The number of ether oxygens (including phenoxy) is 1. The number of carbonyl (C=O) groups is 2. The van der Waals surface area contributed by atoms with E-state index in [-0.39, 0.29) is 0 Å². The van der Waals surface area contributed by atoms with Crippen molar-refractivity contribution in [3.05, 3.63) is 93.2 Å². The second-order valence-corrected chi connectivity index (χ2v) is 9.96. The zero-order valence-electron chi connectivity index (χ0n) is 20.2. The molecule has 0 radical (unpaired) electrons. The van der Waals surface area contributed by atoms with Crippen LogP contribution in [0, 0.1) is 5.82 Å². The van der Waals surface area contributed by atoms with Gasteiger partial charge >= 0.3 is 12.1 Å². The van der Waals surface area contributed by atoms with Crippen LogP contribution in [0.15, 0.2) is 64.4 Å². The van der Waals surface area contributed by atoms with Gasteiger partial charge in [-0.05, 0) is 41.8 Å². The molecular weight excluding hydrogens is 526 g/mol. The summed E-state index contributed by atoms with van der Waals surface area (Å²) in [7, 11) is 0. The molecule has 2 atom stereocenters. The molecule has 2 aliphatic rings. The fraction of sp³-hybridized carbons (Fsp3) is 0.269. The SMILES string of the molecule is CC(=O)Oc1c2n(ccc1=O)N(C1c3ccc(F)cc3CSc3ccccc31)CN([C@@H](C)C(F)(F)F)C2=O. The van der Waals surface area contributed by atoms with Gasteiger partial charge in [0.25, 0.3) is 5.91 Å². The molecule has 3 aromatic rings. The van der Waals surface area contributed by atoms with E-state index in [4.69, 9.17) is 4.74 Å². The van der Waals surface area contributed by atoms with E-state index < -0.39 is 59.5 Å². The molecule has 198 valence electrons. The van der Waals surface area contributed by atoms with Crippen LogP contribution in [0.1, 0.15) is 47.1 Å². The third kappa shape index (κ3) is 4.42. The van der Waals surface area contributed by atoms with Crippen molar-refractivity contribution in [1.29, 1.82) is 0 Å². The Labute approximate surface area is 218 Å². The third-order valence-electron chi connectivity index (χ3n) is 6.55. The Hall–Kier alpha value is -3.80. The van der Waals surface area contributed by atoms with Crippen molar-refractivity contribution in [2.45, 2.75) is 42.8 Å². The first-order valence-corrected chi connectivity index (χ1v) is 12.5. The average molecular weight is 548 g/mol. The van der Waals surface area contributed by atoms with Crippen molar-refractivity contribution in [2.75, 3.05) is 11.7 Å². The molecule has 0 saturated heterocycles. The van der Waals surface area contributed by atoms with Gasteiger partial charge in [-0.1, -0.05) is 24.3 Å². The Bertz CT molecular complexity index is 1510. The van der Waals surface area contributed by atoms with Gasteiger partial charge < -0.3 is 9.64 Å². The number of benzene rings is 2. The number of rotatable bonds is 3. The molecule has 1 amide bonds. The smallest absolute Gasteiger partial charge is 0.408 e. The lowest BCUT2D eigenvalue weighted by Crippen LogP contribution is -2.60. The summed E-state index contributed by atoms with van der Waals surface area (Å²) in [5.74, 6) is -2.74. The first kappa shape index (κ1) is 25.8. The van der Waals surface area contributed by atoms with Gasteiger partial charge in [0, 0.05) is 29.8 Å². The molecule has 5 rings (SSSR count). The molecule has 7 nitrogen and oxygen atoms in total.